The van der Waals surface area contributed by atoms with Crippen LogP contribution in [0.5, 0.6) is 0 Å². The maximum atomic E-state index is 12.8. The number of fused-ring (bicyclic) bond motifs is 1. The molecule has 4 rings (SSSR count). The van der Waals surface area contributed by atoms with Crippen LogP contribution >= 0.6 is 0 Å². The topological polar surface area (TPSA) is 71.1 Å². The second-order valence-corrected chi connectivity index (χ2v) is 6.24. The lowest BCUT2D eigenvalue weighted by atomic mass is 10.0. The fourth-order valence-electron chi connectivity index (χ4n) is 2.90. The Morgan fingerprint density at radius 1 is 0.840 bits per heavy atom. The normalized spacial score (nSPS) is 14.7. The molecule has 1 heterocycles. The van der Waals surface area contributed by atoms with Gasteiger partial charge < -0.3 is 10.6 Å². The van der Waals surface area contributed by atoms with E-state index in [9.17, 15) is 9.59 Å². The summed E-state index contributed by atoms with van der Waals surface area (Å²) in [6, 6.07) is 18.6. The van der Waals surface area contributed by atoms with Crippen molar-refractivity contribution in [2.45, 2.75) is 12.8 Å². The summed E-state index contributed by atoms with van der Waals surface area (Å²) in [7, 11) is 0. The Labute approximate surface area is 145 Å². The molecule has 0 spiro atoms. The van der Waals surface area contributed by atoms with Crippen molar-refractivity contribution in [2.24, 2.45) is 5.41 Å². The molecule has 1 fully saturated rings. The van der Waals surface area contributed by atoms with Crippen molar-refractivity contribution < 1.29 is 9.59 Å². The number of carbonyl (C=O) groups excluding carboxylic acids is 2. The van der Waals surface area contributed by atoms with Gasteiger partial charge in [0.15, 0.2) is 0 Å². The van der Waals surface area contributed by atoms with E-state index in [1.54, 1.807) is 24.4 Å². The summed E-state index contributed by atoms with van der Waals surface area (Å²) < 4.78 is 0. The number of anilines is 2. The average Bonchev–Trinajstić information content (AvgIpc) is 3.45. The van der Waals surface area contributed by atoms with Gasteiger partial charge in [-0.3, -0.25) is 14.6 Å². The van der Waals surface area contributed by atoms with Gasteiger partial charge in [-0.05, 0) is 37.1 Å². The third-order valence-electron chi connectivity index (χ3n) is 4.53. The highest BCUT2D eigenvalue weighted by molar-refractivity contribution is 6.18. The molecule has 0 unspecified atom stereocenters. The summed E-state index contributed by atoms with van der Waals surface area (Å²) in [6.07, 6.45) is 2.79. The third kappa shape index (κ3) is 2.85. The number of hydrogen-bond acceptors (Lipinski definition) is 3. The van der Waals surface area contributed by atoms with E-state index in [1.807, 2.05) is 42.5 Å². The number of aromatic nitrogens is 1. The van der Waals surface area contributed by atoms with Gasteiger partial charge in [0.2, 0.25) is 11.8 Å². The minimum Gasteiger partial charge on any atom is -0.325 e. The second kappa shape index (κ2) is 6.02. The Hall–Kier alpha value is -3.21. The van der Waals surface area contributed by atoms with Crippen LogP contribution in [0.25, 0.3) is 10.9 Å². The standard InChI is InChI=1S/C20H17N3O2/c24-18(22-15-8-2-1-3-9-15)20(11-12-20)19(25)23-16-10-4-6-14-7-5-13-21-17(14)16/h1-10,13H,11-12H2,(H,22,24)(H,23,25). The van der Waals surface area contributed by atoms with Crippen molar-refractivity contribution in [1.29, 1.82) is 0 Å². The summed E-state index contributed by atoms with van der Waals surface area (Å²) in [5, 5.41) is 6.67. The molecule has 1 aliphatic carbocycles. The van der Waals surface area contributed by atoms with Crippen LogP contribution in [-0.4, -0.2) is 16.8 Å². The quantitative estimate of drug-likeness (QED) is 0.718. The third-order valence-corrected chi connectivity index (χ3v) is 4.53. The number of rotatable bonds is 4. The summed E-state index contributed by atoms with van der Waals surface area (Å²) in [6.45, 7) is 0. The number of amides is 2. The lowest BCUT2D eigenvalue weighted by Gasteiger charge is -2.16. The Morgan fingerprint density at radius 2 is 1.56 bits per heavy atom. The molecule has 0 saturated heterocycles. The molecule has 0 bridgehead atoms. The number of pyridine rings is 1. The van der Waals surface area contributed by atoms with Crippen molar-refractivity contribution in [3.05, 3.63) is 66.9 Å². The van der Waals surface area contributed by atoms with Crippen molar-refractivity contribution in [2.75, 3.05) is 10.6 Å². The first-order valence-electron chi connectivity index (χ1n) is 8.21. The van der Waals surface area contributed by atoms with E-state index in [0.717, 1.165) is 10.9 Å². The molecule has 0 radical (unpaired) electrons. The molecular weight excluding hydrogens is 314 g/mol. The maximum absolute atomic E-state index is 12.8. The van der Waals surface area contributed by atoms with E-state index in [4.69, 9.17) is 0 Å². The van der Waals surface area contributed by atoms with Crippen molar-refractivity contribution in [1.82, 2.24) is 4.98 Å². The maximum Gasteiger partial charge on any atom is 0.240 e. The Balaban J connectivity index is 1.55. The monoisotopic (exact) mass is 331 g/mol. The molecule has 2 aromatic carbocycles. The second-order valence-electron chi connectivity index (χ2n) is 6.24. The first-order valence-corrected chi connectivity index (χ1v) is 8.21. The first-order chi connectivity index (χ1) is 12.2. The van der Waals surface area contributed by atoms with Crippen LogP contribution < -0.4 is 10.6 Å². The van der Waals surface area contributed by atoms with E-state index in [1.165, 1.54) is 0 Å². The smallest absolute Gasteiger partial charge is 0.240 e. The van der Waals surface area contributed by atoms with Crippen molar-refractivity contribution >= 4 is 34.1 Å². The lowest BCUT2D eigenvalue weighted by molar-refractivity contribution is -0.131. The first kappa shape index (κ1) is 15.3. The molecule has 1 aliphatic rings. The van der Waals surface area contributed by atoms with Crippen LogP contribution in [0, 0.1) is 5.41 Å². The molecule has 5 heteroatoms. The molecule has 124 valence electrons. The molecular formula is C20H17N3O2. The highest BCUT2D eigenvalue weighted by atomic mass is 16.2. The van der Waals surface area contributed by atoms with E-state index in [-0.39, 0.29) is 11.8 Å². The zero-order valence-electron chi connectivity index (χ0n) is 13.5. The minimum absolute atomic E-state index is 0.260. The number of nitrogens with zero attached hydrogens (tertiary/aromatic N) is 1. The van der Waals surface area contributed by atoms with Gasteiger partial charge in [0.25, 0.3) is 0 Å². The fraction of sp³-hybridized carbons (Fsp3) is 0.150. The van der Waals surface area contributed by atoms with Gasteiger partial charge in [-0.2, -0.15) is 0 Å². The zero-order valence-corrected chi connectivity index (χ0v) is 13.5. The highest BCUT2D eigenvalue weighted by Crippen LogP contribution is 2.47. The number of nitrogens with one attached hydrogen (secondary N) is 2. The lowest BCUT2D eigenvalue weighted by Crippen LogP contribution is -2.35. The van der Waals surface area contributed by atoms with E-state index >= 15 is 0 Å². The van der Waals surface area contributed by atoms with Gasteiger partial charge in [0.05, 0.1) is 11.2 Å². The minimum atomic E-state index is -0.993. The van der Waals surface area contributed by atoms with Gasteiger partial charge in [0.1, 0.15) is 5.41 Å². The summed E-state index contributed by atoms with van der Waals surface area (Å²) in [5.74, 6) is -0.538. The molecule has 3 aromatic rings. The molecule has 2 N–H and O–H groups in total. The number of para-hydroxylation sites is 2. The Bertz CT molecular complexity index is 944. The van der Waals surface area contributed by atoms with Gasteiger partial charge in [-0.25, -0.2) is 0 Å². The predicted molar refractivity (Wildman–Crippen MR) is 97.1 cm³/mol. The van der Waals surface area contributed by atoms with Crippen LogP contribution in [0.1, 0.15) is 12.8 Å². The molecule has 5 nitrogen and oxygen atoms in total. The largest absolute Gasteiger partial charge is 0.325 e. The molecule has 1 saturated carbocycles. The van der Waals surface area contributed by atoms with Gasteiger partial charge in [0, 0.05) is 17.3 Å². The zero-order chi connectivity index (χ0) is 17.3. The van der Waals surface area contributed by atoms with Crippen molar-refractivity contribution in [3.63, 3.8) is 0 Å². The van der Waals surface area contributed by atoms with Crippen LogP contribution in [0.3, 0.4) is 0 Å². The molecule has 0 aliphatic heterocycles. The summed E-state index contributed by atoms with van der Waals surface area (Å²) >= 11 is 0. The van der Waals surface area contributed by atoms with Gasteiger partial charge in [-0.15, -0.1) is 0 Å². The molecule has 2 amide bonds. The van der Waals surface area contributed by atoms with E-state index < -0.39 is 5.41 Å². The van der Waals surface area contributed by atoms with Crippen LogP contribution in [0.15, 0.2) is 66.9 Å². The molecule has 0 atom stereocenters. The predicted octanol–water partition coefficient (Wildman–Crippen LogP) is 3.59. The Morgan fingerprint density at radius 3 is 2.32 bits per heavy atom. The van der Waals surface area contributed by atoms with E-state index in [0.29, 0.717) is 24.2 Å². The SMILES string of the molecule is O=C(Nc1ccccc1)C1(C(=O)Nc2cccc3cccnc23)CC1. The van der Waals surface area contributed by atoms with Crippen LogP contribution in [0.4, 0.5) is 11.4 Å². The van der Waals surface area contributed by atoms with Crippen molar-refractivity contribution in [3.8, 4) is 0 Å². The molecule has 1 aromatic heterocycles. The fourth-order valence-corrected chi connectivity index (χ4v) is 2.90. The van der Waals surface area contributed by atoms with E-state index in [2.05, 4.69) is 15.6 Å². The number of benzene rings is 2. The average molecular weight is 331 g/mol. The highest BCUT2D eigenvalue weighted by Gasteiger charge is 2.56. The van der Waals surface area contributed by atoms with Gasteiger partial charge in [-0.1, -0.05) is 36.4 Å². The number of carbonyl (C=O) groups is 2. The van der Waals surface area contributed by atoms with Crippen LogP contribution in [0.2, 0.25) is 0 Å². The van der Waals surface area contributed by atoms with Gasteiger partial charge >= 0.3 is 0 Å². The summed E-state index contributed by atoms with van der Waals surface area (Å²) in [4.78, 5) is 29.7. The summed E-state index contributed by atoms with van der Waals surface area (Å²) in [5.41, 5.74) is 1.05. The number of hydrogen-bond donors (Lipinski definition) is 2. The Kier molecular flexibility index (Phi) is 3.69. The van der Waals surface area contributed by atoms with Crippen LogP contribution in [-0.2, 0) is 9.59 Å². The molecule has 25 heavy (non-hydrogen) atoms.